The first-order valence-electron chi connectivity index (χ1n) is 6.71. The molecule has 104 valence electrons. The molecule has 3 aromatic rings. The second kappa shape index (κ2) is 5.63. The van der Waals surface area contributed by atoms with Crippen LogP contribution in [0.25, 0.3) is 10.9 Å². The first-order chi connectivity index (χ1) is 10.3. The second-order valence-corrected chi connectivity index (χ2v) is 4.76. The molecule has 0 bridgehead atoms. The normalized spacial score (nSPS) is 10.5. The Morgan fingerprint density at radius 2 is 1.86 bits per heavy atom. The molecule has 0 fully saturated rings. The van der Waals surface area contributed by atoms with Crippen LogP contribution in [-0.4, -0.2) is 10.9 Å². The lowest BCUT2D eigenvalue weighted by molar-refractivity contribution is 0.0952. The summed E-state index contributed by atoms with van der Waals surface area (Å²) >= 11 is 0. The number of nitrogens with two attached hydrogens (primary N) is 1. The third-order valence-corrected chi connectivity index (χ3v) is 3.36. The van der Waals surface area contributed by atoms with Gasteiger partial charge in [0.15, 0.2) is 0 Å². The quantitative estimate of drug-likeness (QED) is 0.723. The lowest BCUT2D eigenvalue weighted by Crippen LogP contribution is -2.23. The van der Waals surface area contributed by atoms with E-state index in [1.165, 1.54) is 0 Å². The van der Waals surface area contributed by atoms with Crippen LogP contribution in [0.2, 0.25) is 0 Å². The lowest BCUT2D eigenvalue weighted by Gasteiger charge is -2.09. The number of rotatable bonds is 3. The summed E-state index contributed by atoms with van der Waals surface area (Å²) in [5.74, 6) is -0.180. The topological polar surface area (TPSA) is 68.0 Å². The largest absolute Gasteiger partial charge is 0.398 e. The van der Waals surface area contributed by atoms with E-state index in [4.69, 9.17) is 5.73 Å². The van der Waals surface area contributed by atoms with Gasteiger partial charge in [0.2, 0.25) is 0 Å². The fourth-order valence-electron chi connectivity index (χ4n) is 2.28. The molecule has 0 saturated carbocycles. The summed E-state index contributed by atoms with van der Waals surface area (Å²) in [6.07, 6.45) is 1.75. The van der Waals surface area contributed by atoms with E-state index >= 15 is 0 Å². The van der Waals surface area contributed by atoms with Gasteiger partial charge in [-0.1, -0.05) is 36.4 Å². The number of anilines is 1. The number of nitrogens with zero attached hydrogens (tertiary/aromatic N) is 1. The number of pyridine rings is 1. The number of aromatic nitrogens is 1. The fraction of sp³-hybridized carbons (Fsp3) is 0.0588. The van der Waals surface area contributed by atoms with Gasteiger partial charge in [-0.15, -0.1) is 0 Å². The van der Waals surface area contributed by atoms with E-state index < -0.39 is 0 Å². The predicted molar refractivity (Wildman–Crippen MR) is 83.8 cm³/mol. The van der Waals surface area contributed by atoms with Gasteiger partial charge in [-0.25, -0.2) is 0 Å². The number of hydrogen-bond donors (Lipinski definition) is 2. The summed E-state index contributed by atoms with van der Waals surface area (Å²) in [6.45, 7) is 0.418. The summed E-state index contributed by atoms with van der Waals surface area (Å²) in [5, 5.41) is 3.95. The number of carbonyl (C=O) groups excluding carboxylic acids is 1. The molecule has 0 aliphatic carbocycles. The maximum absolute atomic E-state index is 12.2. The molecule has 0 unspecified atom stereocenters. The summed E-state index contributed by atoms with van der Waals surface area (Å²) in [7, 11) is 0. The molecular formula is C17H15N3O. The molecule has 0 saturated heterocycles. The maximum Gasteiger partial charge on any atom is 0.253 e. The van der Waals surface area contributed by atoms with Gasteiger partial charge >= 0.3 is 0 Å². The van der Waals surface area contributed by atoms with Crippen LogP contribution in [0.4, 0.5) is 5.69 Å². The molecule has 1 amide bonds. The molecule has 0 atom stereocenters. The first-order valence-corrected chi connectivity index (χ1v) is 6.71. The lowest BCUT2D eigenvalue weighted by atomic mass is 10.1. The summed E-state index contributed by atoms with van der Waals surface area (Å²) in [6, 6.07) is 16.9. The molecule has 4 nitrogen and oxygen atoms in total. The van der Waals surface area contributed by atoms with Gasteiger partial charge in [0.05, 0.1) is 11.1 Å². The van der Waals surface area contributed by atoms with Gasteiger partial charge in [0.1, 0.15) is 0 Å². The minimum Gasteiger partial charge on any atom is -0.398 e. The number of amides is 1. The van der Waals surface area contributed by atoms with E-state index in [-0.39, 0.29) is 5.91 Å². The molecule has 1 aromatic heterocycles. The summed E-state index contributed by atoms with van der Waals surface area (Å²) < 4.78 is 0. The summed E-state index contributed by atoms with van der Waals surface area (Å²) in [5.41, 5.74) is 8.66. The highest BCUT2D eigenvalue weighted by atomic mass is 16.1. The van der Waals surface area contributed by atoms with Crippen molar-refractivity contribution in [3.63, 3.8) is 0 Å². The Balaban J connectivity index is 1.81. The molecule has 0 aliphatic heterocycles. The van der Waals surface area contributed by atoms with Crippen molar-refractivity contribution >= 4 is 22.5 Å². The van der Waals surface area contributed by atoms with Crippen molar-refractivity contribution in [2.24, 2.45) is 0 Å². The Kier molecular flexibility index (Phi) is 3.51. The van der Waals surface area contributed by atoms with E-state index in [2.05, 4.69) is 10.3 Å². The van der Waals surface area contributed by atoms with Crippen molar-refractivity contribution in [1.29, 1.82) is 0 Å². The third-order valence-electron chi connectivity index (χ3n) is 3.36. The fourth-order valence-corrected chi connectivity index (χ4v) is 2.28. The van der Waals surface area contributed by atoms with Gasteiger partial charge in [0, 0.05) is 23.8 Å². The van der Waals surface area contributed by atoms with Crippen molar-refractivity contribution in [3.8, 4) is 0 Å². The average molecular weight is 277 g/mol. The van der Waals surface area contributed by atoms with Crippen molar-refractivity contribution < 1.29 is 4.79 Å². The molecule has 3 rings (SSSR count). The number of para-hydroxylation sites is 2. The molecule has 3 N–H and O–H groups in total. The van der Waals surface area contributed by atoms with Gasteiger partial charge in [-0.05, 0) is 23.8 Å². The Hall–Kier alpha value is -2.88. The Labute approximate surface area is 122 Å². The van der Waals surface area contributed by atoms with Crippen LogP contribution >= 0.6 is 0 Å². The molecule has 0 aliphatic rings. The molecule has 21 heavy (non-hydrogen) atoms. The minimum atomic E-state index is -0.180. The van der Waals surface area contributed by atoms with Crippen LogP contribution in [0, 0.1) is 0 Å². The van der Waals surface area contributed by atoms with Crippen LogP contribution in [0.5, 0.6) is 0 Å². The first kappa shape index (κ1) is 13.1. The van der Waals surface area contributed by atoms with Crippen molar-refractivity contribution in [3.05, 3.63) is 71.9 Å². The number of nitrogens with one attached hydrogen (secondary N) is 1. The van der Waals surface area contributed by atoms with Crippen molar-refractivity contribution in [2.75, 3.05) is 5.73 Å². The van der Waals surface area contributed by atoms with E-state index in [0.29, 0.717) is 17.8 Å². The van der Waals surface area contributed by atoms with Crippen molar-refractivity contribution in [1.82, 2.24) is 10.3 Å². The SMILES string of the molecule is Nc1ccccc1C(=O)NCc1cccc2cccnc12. The number of benzene rings is 2. The van der Waals surface area contributed by atoms with Gasteiger partial charge in [-0.3, -0.25) is 9.78 Å². The highest BCUT2D eigenvalue weighted by molar-refractivity contribution is 5.99. The predicted octanol–water partition coefficient (Wildman–Crippen LogP) is 2.75. The Bertz CT molecular complexity index is 793. The molecule has 2 aromatic carbocycles. The number of nitrogen functional groups attached to an aromatic ring is 1. The molecule has 0 spiro atoms. The zero-order chi connectivity index (χ0) is 14.7. The number of carbonyl (C=O) groups is 1. The Morgan fingerprint density at radius 1 is 1.05 bits per heavy atom. The van der Waals surface area contributed by atoms with E-state index in [1.54, 1.807) is 30.5 Å². The van der Waals surface area contributed by atoms with Crippen LogP contribution in [0.3, 0.4) is 0 Å². The highest BCUT2D eigenvalue weighted by Gasteiger charge is 2.09. The maximum atomic E-state index is 12.2. The minimum absolute atomic E-state index is 0.180. The summed E-state index contributed by atoms with van der Waals surface area (Å²) in [4.78, 5) is 16.5. The van der Waals surface area contributed by atoms with Crippen LogP contribution in [-0.2, 0) is 6.54 Å². The van der Waals surface area contributed by atoms with Crippen LogP contribution in [0.15, 0.2) is 60.8 Å². The second-order valence-electron chi connectivity index (χ2n) is 4.76. The standard InChI is InChI=1S/C17H15N3O/c18-15-9-2-1-8-14(15)17(21)20-11-13-6-3-5-12-7-4-10-19-16(12)13/h1-10H,11,18H2,(H,20,21). The molecule has 4 heteroatoms. The van der Waals surface area contributed by atoms with E-state index in [9.17, 15) is 4.79 Å². The van der Waals surface area contributed by atoms with Gasteiger partial charge in [-0.2, -0.15) is 0 Å². The molecular weight excluding hydrogens is 262 g/mol. The smallest absolute Gasteiger partial charge is 0.253 e. The zero-order valence-corrected chi connectivity index (χ0v) is 11.4. The molecule has 0 radical (unpaired) electrons. The average Bonchev–Trinajstić information content (AvgIpc) is 2.53. The van der Waals surface area contributed by atoms with E-state index in [1.807, 2.05) is 30.3 Å². The van der Waals surface area contributed by atoms with Crippen molar-refractivity contribution in [2.45, 2.75) is 6.54 Å². The highest BCUT2D eigenvalue weighted by Crippen LogP contribution is 2.16. The third kappa shape index (κ3) is 2.69. The Morgan fingerprint density at radius 3 is 2.71 bits per heavy atom. The molecule has 1 heterocycles. The van der Waals surface area contributed by atoms with Crippen LogP contribution in [0.1, 0.15) is 15.9 Å². The van der Waals surface area contributed by atoms with Gasteiger partial charge in [0.25, 0.3) is 5.91 Å². The number of fused-ring (bicyclic) bond motifs is 1. The zero-order valence-electron chi connectivity index (χ0n) is 11.4. The van der Waals surface area contributed by atoms with Crippen LogP contribution < -0.4 is 11.1 Å². The van der Waals surface area contributed by atoms with E-state index in [0.717, 1.165) is 16.5 Å². The number of hydrogen-bond acceptors (Lipinski definition) is 3. The monoisotopic (exact) mass is 277 g/mol. The van der Waals surface area contributed by atoms with Gasteiger partial charge < -0.3 is 11.1 Å².